The number of fused-ring (bicyclic) bond motifs is 1. The number of pyridine rings is 1. The molecular formula is C20H16ClF3N4. The van der Waals surface area contributed by atoms with Crippen LogP contribution in [0.4, 0.5) is 13.2 Å². The third-order valence-corrected chi connectivity index (χ3v) is 4.91. The maximum atomic E-state index is 12.7. The first-order chi connectivity index (χ1) is 13.4. The minimum absolute atomic E-state index is 0.433. The summed E-state index contributed by atoms with van der Waals surface area (Å²) in [5.41, 5.74) is 2.91. The zero-order chi connectivity index (χ0) is 19.7. The molecule has 0 amide bonds. The fraction of sp³-hybridized carbons (Fsp3) is 0.250. The molecule has 0 fully saturated rings. The predicted octanol–water partition coefficient (Wildman–Crippen LogP) is 4.77. The molecule has 0 spiro atoms. The maximum Gasteiger partial charge on any atom is 0.416 e. The van der Waals surface area contributed by atoms with E-state index in [2.05, 4.69) is 19.9 Å². The van der Waals surface area contributed by atoms with E-state index < -0.39 is 11.7 Å². The second-order valence-electron chi connectivity index (χ2n) is 6.69. The van der Waals surface area contributed by atoms with Crippen molar-refractivity contribution in [3.05, 3.63) is 76.3 Å². The summed E-state index contributed by atoms with van der Waals surface area (Å²) in [4.78, 5) is 15.3. The van der Waals surface area contributed by atoms with Gasteiger partial charge < -0.3 is 0 Å². The SMILES string of the molecule is FC(F)(F)c1ccc(-c2ncc3c(n2)CN(Cc2ccc(Cl)nc2)CC3)cc1. The van der Waals surface area contributed by atoms with Gasteiger partial charge in [0.2, 0.25) is 0 Å². The summed E-state index contributed by atoms with van der Waals surface area (Å²) in [6.07, 6.45) is -0.00209. The number of rotatable bonds is 3. The molecule has 0 radical (unpaired) electrons. The van der Waals surface area contributed by atoms with Crippen LogP contribution in [0.1, 0.15) is 22.4 Å². The Hall–Kier alpha value is -2.51. The molecule has 2 aromatic heterocycles. The van der Waals surface area contributed by atoms with E-state index >= 15 is 0 Å². The van der Waals surface area contributed by atoms with Crippen LogP contribution in [0.2, 0.25) is 5.15 Å². The zero-order valence-electron chi connectivity index (χ0n) is 14.7. The molecule has 1 aromatic carbocycles. The van der Waals surface area contributed by atoms with E-state index in [0.717, 1.165) is 48.5 Å². The van der Waals surface area contributed by atoms with Gasteiger partial charge in [0.05, 0.1) is 11.3 Å². The molecule has 0 saturated carbocycles. The smallest absolute Gasteiger partial charge is 0.293 e. The third-order valence-electron chi connectivity index (χ3n) is 4.69. The molecule has 3 heterocycles. The van der Waals surface area contributed by atoms with E-state index in [4.69, 9.17) is 11.6 Å². The van der Waals surface area contributed by atoms with Crippen molar-refractivity contribution in [3.63, 3.8) is 0 Å². The highest BCUT2D eigenvalue weighted by Crippen LogP contribution is 2.30. The first-order valence-corrected chi connectivity index (χ1v) is 9.11. The van der Waals surface area contributed by atoms with Crippen LogP contribution in [0.25, 0.3) is 11.4 Å². The van der Waals surface area contributed by atoms with E-state index in [1.54, 1.807) is 18.5 Å². The van der Waals surface area contributed by atoms with Crippen molar-refractivity contribution in [2.45, 2.75) is 25.7 Å². The number of nitrogens with zero attached hydrogens (tertiary/aromatic N) is 4. The average molecular weight is 405 g/mol. The van der Waals surface area contributed by atoms with E-state index in [1.165, 1.54) is 12.1 Å². The van der Waals surface area contributed by atoms with Gasteiger partial charge in [-0.25, -0.2) is 15.0 Å². The molecule has 0 unspecified atom stereocenters. The van der Waals surface area contributed by atoms with E-state index in [-0.39, 0.29) is 0 Å². The molecule has 4 rings (SSSR count). The Bertz CT molecular complexity index is 972. The van der Waals surface area contributed by atoms with Gasteiger partial charge in [-0.05, 0) is 35.7 Å². The molecule has 3 aromatic rings. The van der Waals surface area contributed by atoms with Crippen LogP contribution >= 0.6 is 11.6 Å². The molecule has 0 saturated heterocycles. The summed E-state index contributed by atoms with van der Waals surface area (Å²) < 4.78 is 38.2. The van der Waals surface area contributed by atoms with Crippen LogP contribution in [-0.2, 0) is 25.7 Å². The monoisotopic (exact) mass is 404 g/mol. The van der Waals surface area contributed by atoms with Gasteiger partial charge >= 0.3 is 6.18 Å². The summed E-state index contributed by atoms with van der Waals surface area (Å²) in [7, 11) is 0. The van der Waals surface area contributed by atoms with Crippen LogP contribution in [0.5, 0.6) is 0 Å². The number of alkyl halides is 3. The van der Waals surface area contributed by atoms with E-state index in [0.29, 0.717) is 23.1 Å². The Kier molecular flexibility index (Phi) is 5.03. The van der Waals surface area contributed by atoms with Crippen molar-refractivity contribution in [2.24, 2.45) is 0 Å². The molecule has 4 nitrogen and oxygen atoms in total. The average Bonchev–Trinajstić information content (AvgIpc) is 2.69. The highest BCUT2D eigenvalue weighted by atomic mass is 35.5. The van der Waals surface area contributed by atoms with Crippen molar-refractivity contribution in [1.82, 2.24) is 19.9 Å². The van der Waals surface area contributed by atoms with Crippen LogP contribution < -0.4 is 0 Å². The molecule has 1 aliphatic rings. The van der Waals surface area contributed by atoms with Gasteiger partial charge in [0.15, 0.2) is 5.82 Å². The summed E-state index contributed by atoms with van der Waals surface area (Å²) in [6, 6.07) is 8.63. The van der Waals surface area contributed by atoms with Gasteiger partial charge in [0.25, 0.3) is 0 Å². The first kappa shape index (κ1) is 18.8. The lowest BCUT2D eigenvalue weighted by atomic mass is 10.1. The van der Waals surface area contributed by atoms with Crippen molar-refractivity contribution < 1.29 is 13.2 Å². The van der Waals surface area contributed by atoms with Gasteiger partial charge in [-0.15, -0.1) is 0 Å². The molecule has 0 N–H and O–H groups in total. The minimum Gasteiger partial charge on any atom is -0.293 e. The molecule has 0 aliphatic carbocycles. The van der Waals surface area contributed by atoms with E-state index in [1.807, 2.05) is 6.07 Å². The van der Waals surface area contributed by atoms with Crippen molar-refractivity contribution >= 4 is 11.6 Å². The normalized spacial score (nSPS) is 14.7. The maximum absolute atomic E-state index is 12.7. The Morgan fingerprint density at radius 3 is 2.46 bits per heavy atom. The van der Waals surface area contributed by atoms with Crippen molar-refractivity contribution in [1.29, 1.82) is 0 Å². The summed E-state index contributed by atoms with van der Waals surface area (Å²) >= 11 is 5.83. The van der Waals surface area contributed by atoms with Crippen LogP contribution in [0, 0.1) is 0 Å². The molecule has 8 heteroatoms. The number of halogens is 4. The minimum atomic E-state index is -4.35. The second kappa shape index (κ2) is 7.48. The second-order valence-corrected chi connectivity index (χ2v) is 7.08. The summed E-state index contributed by atoms with van der Waals surface area (Å²) in [5, 5.41) is 0.460. The number of benzene rings is 1. The van der Waals surface area contributed by atoms with Crippen molar-refractivity contribution in [2.75, 3.05) is 6.54 Å². The summed E-state index contributed by atoms with van der Waals surface area (Å²) in [6.45, 7) is 2.25. The van der Waals surface area contributed by atoms with Crippen LogP contribution in [0.3, 0.4) is 0 Å². The van der Waals surface area contributed by atoms with Crippen molar-refractivity contribution in [3.8, 4) is 11.4 Å². The fourth-order valence-electron chi connectivity index (χ4n) is 3.20. The lowest BCUT2D eigenvalue weighted by molar-refractivity contribution is -0.137. The standard InChI is InChI=1S/C20H16ClF3N4/c21-18-6-1-13(9-25-18)11-28-8-7-15-10-26-19(27-17(15)12-28)14-2-4-16(5-3-14)20(22,23)24/h1-6,9-10H,7-8,11-12H2. The van der Waals surface area contributed by atoms with E-state index in [9.17, 15) is 13.2 Å². The molecule has 0 bridgehead atoms. The van der Waals surface area contributed by atoms with Gasteiger partial charge in [0, 0.05) is 37.6 Å². The first-order valence-electron chi connectivity index (χ1n) is 8.74. The molecule has 144 valence electrons. The highest BCUT2D eigenvalue weighted by Gasteiger charge is 2.30. The quantitative estimate of drug-likeness (QED) is 0.590. The Morgan fingerprint density at radius 2 is 1.79 bits per heavy atom. The summed E-state index contributed by atoms with van der Waals surface area (Å²) in [5.74, 6) is 0.433. The molecule has 0 atom stereocenters. The fourth-order valence-corrected chi connectivity index (χ4v) is 3.31. The highest BCUT2D eigenvalue weighted by molar-refractivity contribution is 6.29. The number of aromatic nitrogens is 3. The van der Waals surface area contributed by atoms with Gasteiger partial charge in [-0.3, -0.25) is 4.90 Å². The Balaban J connectivity index is 1.52. The topological polar surface area (TPSA) is 41.9 Å². The number of hydrogen-bond acceptors (Lipinski definition) is 4. The lowest BCUT2D eigenvalue weighted by Gasteiger charge is -2.28. The predicted molar refractivity (Wildman–Crippen MR) is 99.5 cm³/mol. The third kappa shape index (κ3) is 4.15. The largest absolute Gasteiger partial charge is 0.416 e. The zero-order valence-corrected chi connectivity index (χ0v) is 15.5. The van der Waals surface area contributed by atoms with Gasteiger partial charge in [0.1, 0.15) is 5.15 Å². The van der Waals surface area contributed by atoms with Crippen LogP contribution in [-0.4, -0.2) is 26.4 Å². The van der Waals surface area contributed by atoms with Crippen LogP contribution in [0.15, 0.2) is 48.8 Å². The molecule has 1 aliphatic heterocycles. The van der Waals surface area contributed by atoms with Gasteiger partial charge in [-0.1, -0.05) is 29.8 Å². The number of hydrogen-bond donors (Lipinski definition) is 0. The Morgan fingerprint density at radius 1 is 1.00 bits per heavy atom. The van der Waals surface area contributed by atoms with Gasteiger partial charge in [-0.2, -0.15) is 13.2 Å². The Labute approximate surface area is 165 Å². The molecular weight excluding hydrogens is 389 g/mol. The lowest BCUT2D eigenvalue weighted by Crippen LogP contribution is -2.31. The molecule has 28 heavy (non-hydrogen) atoms.